The molecule has 0 saturated carbocycles. The highest BCUT2D eigenvalue weighted by Gasteiger charge is 2.12. The molecule has 0 aliphatic rings. The van der Waals surface area contributed by atoms with Crippen molar-refractivity contribution in [3.05, 3.63) is 21.3 Å². The second-order valence-corrected chi connectivity index (χ2v) is 6.45. The Kier molecular flexibility index (Phi) is 4.21. The van der Waals surface area contributed by atoms with Crippen LogP contribution in [0.15, 0.2) is 17.1 Å². The third-order valence-corrected chi connectivity index (χ3v) is 3.24. The molecule has 0 aliphatic carbocycles. The Labute approximate surface area is 106 Å². The zero-order valence-corrected chi connectivity index (χ0v) is 11.6. The van der Waals surface area contributed by atoms with Crippen LogP contribution >= 0.6 is 22.9 Å². The van der Waals surface area contributed by atoms with E-state index in [2.05, 4.69) is 10.3 Å². The number of nitrogens with two attached hydrogens (primary N) is 1. The van der Waals surface area contributed by atoms with Gasteiger partial charge in [0.25, 0.3) is 0 Å². The minimum absolute atomic E-state index is 0.0346. The summed E-state index contributed by atoms with van der Waals surface area (Å²) in [6, 6.07) is 3.89. The molecular weight excluding hydrogens is 242 g/mol. The average molecular weight is 260 g/mol. The molecule has 0 spiro atoms. The second kappa shape index (κ2) is 5.06. The van der Waals surface area contributed by atoms with Crippen LogP contribution in [-0.4, -0.2) is 11.5 Å². The van der Waals surface area contributed by atoms with E-state index in [4.69, 9.17) is 17.3 Å². The number of aliphatic imine (C=N–C) groups is 1. The van der Waals surface area contributed by atoms with Gasteiger partial charge >= 0.3 is 0 Å². The molecule has 1 aromatic heterocycles. The van der Waals surface area contributed by atoms with Crippen LogP contribution < -0.4 is 11.1 Å². The number of guanidine groups is 1. The summed E-state index contributed by atoms with van der Waals surface area (Å²) in [4.78, 5) is 5.50. The van der Waals surface area contributed by atoms with Gasteiger partial charge in [0.2, 0.25) is 0 Å². The van der Waals surface area contributed by atoms with Crippen molar-refractivity contribution in [2.75, 3.05) is 0 Å². The second-order valence-electron chi connectivity index (χ2n) is 4.71. The lowest BCUT2D eigenvalue weighted by Gasteiger charge is -2.21. The number of nitrogens with one attached hydrogen (secondary N) is 1. The van der Waals surface area contributed by atoms with Crippen molar-refractivity contribution in [3.63, 3.8) is 0 Å². The van der Waals surface area contributed by atoms with E-state index in [1.165, 1.54) is 11.3 Å². The smallest absolute Gasteiger partial charge is 0.189 e. The number of hydrogen-bond donors (Lipinski definition) is 2. The van der Waals surface area contributed by atoms with Gasteiger partial charge in [0.15, 0.2) is 5.96 Å². The normalized spacial score (nSPS) is 14.9. The van der Waals surface area contributed by atoms with Gasteiger partial charge in [-0.15, -0.1) is 11.3 Å². The Hall–Kier alpha value is -0.740. The van der Waals surface area contributed by atoms with Gasteiger partial charge in [0.1, 0.15) is 0 Å². The number of halogens is 1. The zero-order chi connectivity index (χ0) is 12.3. The topological polar surface area (TPSA) is 50.4 Å². The lowest BCUT2D eigenvalue weighted by atomic mass is 10.1. The van der Waals surface area contributed by atoms with Gasteiger partial charge < -0.3 is 11.1 Å². The standard InChI is InChI=1S/C11H18ClN3S/c1-7(8-5-6-9(12)16-8)14-10(13)15-11(2,3)4/h5-7H,1-4H3,(H3,13,14,15). The first-order valence-electron chi connectivity index (χ1n) is 5.14. The van der Waals surface area contributed by atoms with E-state index >= 15 is 0 Å². The van der Waals surface area contributed by atoms with Crippen LogP contribution in [0.1, 0.15) is 38.6 Å². The molecule has 1 unspecified atom stereocenters. The maximum absolute atomic E-state index is 5.87. The highest BCUT2D eigenvalue weighted by Crippen LogP contribution is 2.28. The van der Waals surface area contributed by atoms with E-state index in [0.717, 1.165) is 9.21 Å². The molecule has 0 aromatic carbocycles. The fourth-order valence-electron chi connectivity index (χ4n) is 1.24. The SMILES string of the molecule is CC(N=C(N)NC(C)(C)C)c1ccc(Cl)s1. The molecule has 0 saturated heterocycles. The van der Waals surface area contributed by atoms with Crippen molar-refractivity contribution in [1.82, 2.24) is 5.32 Å². The fraction of sp³-hybridized carbons (Fsp3) is 0.545. The summed E-state index contributed by atoms with van der Waals surface area (Å²) in [5.41, 5.74) is 5.75. The van der Waals surface area contributed by atoms with Crippen molar-refractivity contribution in [1.29, 1.82) is 0 Å². The molecule has 16 heavy (non-hydrogen) atoms. The van der Waals surface area contributed by atoms with E-state index in [-0.39, 0.29) is 11.6 Å². The summed E-state index contributed by atoms with van der Waals surface area (Å²) in [6.07, 6.45) is 0. The first kappa shape index (κ1) is 13.3. The van der Waals surface area contributed by atoms with Gasteiger partial charge in [-0.05, 0) is 39.8 Å². The molecule has 0 radical (unpaired) electrons. The van der Waals surface area contributed by atoms with Crippen molar-refractivity contribution in [2.24, 2.45) is 10.7 Å². The molecule has 90 valence electrons. The molecule has 1 atom stereocenters. The highest BCUT2D eigenvalue weighted by molar-refractivity contribution is 7.16. The molecule has 1 aromatic rings. The van der Waals surface area contributed by atoms with E-state index in [0.29, 0.717) is 5.96 Å². The van der Waals surface area contributed by atoms with Crippen molar-refractivity contribution in [3.8, 4) is 0 Å². The third-order valence-electron chi connectivity index (χ3n) is 1.84. The third kappa shape index (κ3) is 4.41. The summed E-state index contributed by atoms with van der Waals surface area (Å²) in [7, 11) is 0. The molecule has 1 heterocycles. The zero-order valence-electron chi connectivity index (χ0n) is 10.0. The van der Waals surface area contributed by atoms with Gasteiger partial charge in [-0.2, -0.15) is 0 Å². The quantitative estimate of drug-likeness (QED) is 0.633. The maximum Gasteiger partial charge on any atom is 0.189 e. The molecule has 3 nitrogen and oxygen atoms in total. The number of hydrogen-bond acceptors (Lipinski definition) is 2. The van der Waals surface area contributed by atoms with Crippen LogP contribution in [-0.2, 0) is 0 Å². The predicted molar refractivity (Wildman–Crippen MR) is 72.3 cm³/mol. The average Bonchev–Trinajstić information content (AvgIpc) is 2.47. The molecule has 1 rings (SSSR count). The molecule has 0 bridgehead atoms. The molecule has 3 N–H and O–H groups in total. The summed E-state index contributed by atoms with van der Waals surface area (Å²) < 4.78 is 0.777. The minimum atomic E-state index is -0.0690. The number of nitrogens with zero attached hydrogens (tertiary/aromatic N) is 1. The van der Waals surface area contributed by atoms with E-state index in [1.807, 2.05) is 39.8 Å². The monoisotopic (exact) mass is 259 g/mol. The van der Waals surface area contributed by atoms with Gasteiger partial charge in [0.05, 0.1) is 10.4 Å². The Morgan fingerprint density at radius 2 is 2.12 bits per heavy atom. The molecule has 0 amide bonds. The van der Waals surface area contributed by atoms with Crippen molar-refractivity contribution < 1.29 is 0 Å². The van der Waals surface area contributed by atoms with E-state index < -0.39 is 0 Å². The predicted octanol–water partition coefficient (Wildman–Crippen LogP) is 3.17. The van der Waals surface area contributed by atoms with Crippen LogP contribution in [0.4, 0.5) is 0 Å². The van der Waals surface area contributed by atoms with Gasteiger partial charge in [-0.3, -0.25) is 0 Å². The van der Waals surface area contributed by atoms with Gasteiger partial charge in [0, 0.05) is 10.4 Å². The molecular formula is C11H18ClN3S. The van der Waals surface area contributed by atoms with Crippen LogP contribution in [0.5, 0.6) is 0 Å². The summed E-state index contributed by atoms with van der Waals surface area (Å²) in [5, 5.41) is 3.13. The Bertz CT molecular complexity index is 379. The summed E-state index contributed by atoms with van der Waals surface area (Å²) in [6.45, 7) is 8.13. The lowest BCUT2D eigenvalue weighted by Crippen LogP contribution is -2.45. The summed E-state index contributed by atoms with van der Waals surface area (Å²) in [5.74, 6) is 0.463. The number of rotatable bonds is 2. The lowest BCUT2D eigenvalue weighted by molar-refractivity contribution is 0.507. The summed E-state index contributed by atoms with van der Waals surface area (Å²) >= 11 is 7.40. The van der Waals surface area contributed by atoms with E-state index in [9.17, 15) is 0 Å². The highest BCUT2D eigenvalue weighted by atomic mass is 35.5. The fourth-order valence-corrected chi connectivity index (χ4v) is 2.29. The molecule has 0 aliphatic heterocycles. The maximum atomic E-state index is 5.87. The largest absolute Gasteiger partial charge is 0.370 e. The van der Waals surface area contributed by atoms with Crippen LogP contribution in [0.25, 0.3) is 0 Å². The molecule has 5 heteroatoms. The van der Waals surface area contributed by atoms with Crippen LogP contribution in [0.2, 0.25) is 4.34 Å². The first-order valence-corrected chi connectivity index (χ1v) is 6.34. The minimum Gasteiger partial charge on any atom is -0.370 e. The first-order chi connectivity index (χ1) is 7.28. The Morgan fingerprint density at radius 1 is 1.50 bits per heavy atom. The van der Waals surface area contributed by atoms with Gasteiger partial charge in [-0.25, -0.2) is 4.99 Å². The number of thiophene rings is 1. The Balaban J connectivity index is 2.69. The van der Waals surface area contributed by atoms with Gasteiger partial charge in [-0.1, -0.05) is 11.6 Å². The van der Waals surface area contributed by atoms with Crippen molar-refractivity contribution >= 4 is 28.9 Å². The van der Waals surface area contributed by atoms with Crippen LogP contribution in [0, 0.1) is 0 Å². The van der Waals surface area contributed by atoms with Crippen LogP contribution in [0.3, 0.4) is 0 Å². The van der Waals surface area contributed by atoms with Crippen molar-refractivity contribution in [2.45, 2.75) is 39.3 Å². The molecule has 0 fully saturated rings. The van der Waals surface area contributed by atoms with E-state index in [1.54, 1.807) is 0 Å². The Morgan fingerprint density at radius 3 is 2.56 bits per heavy atom.